The van der Waals surface area contributed by atoms with Crippen molar-refractivity contribution in [2.75, 3.05) is 28.3 Å². The van der Waals surface area contributed by atoms with Crippen LogP contribution in [0.25, 0.3) is 0 Å². The molecule has 4 heteroatoms. The van der Waals surface area contributed by atoms with Crippen molar-refractivity contribution in [3.05, 3.63) is 46.7 Å². The van der Waals surface area contributed by atoms with E-state index in [0.29, 0.717) is 6.04 Å². The molecule has 1 aliphatic heterocycles. The van der Waals surface area contributed by atoms with Crippen molar-refractivity contribution in [1.82, 2.24) is 4.90 Å². The first-order valence-corrected chi connectivity index (χ1v) is 8.58. The zero-order chi connectivity index (χ0) is 17.1. The van der Waals surface area contributed by atoms with Gasteiger partial charge in [0.15, 0.2) is 17.6 Å². The van der Waals surface area contributed by atoms with Crippen LogP contribution in [0.3, 0.4) is 0 Å². The summed E-state index contributed by atoms with van der Waals surface area (Å²) < 4.78 is 17.7. The molecule has 0 spiro atoms. The molecule has 4 rings (SSSR count). The van der Waals surface area contributed by atoms with Gasteiger partial charge in [-0.1, -0.05) is 19.1 Å². The summed E-state index contributed by atoms with van der Waals surface area (Å²) in [4.78, 5) is 2.32. The van der Waals surface area contributed by atoms with Gasteiger partial charge >= 0.3 is 0 Å². The Morgan fingerprint density at radius 1 is 1.21 bits per heavy atom. The standard InChI is InChI=1S/C20H25NO3/c1-6-20-13-8-10-16(23-5)19(20)24-18-15(22-4)9-7-12(17(18)20)11-14(13)21(2)3/h7-10,14,19H,6,11H2,1-5H3/t14-,19?,20+/m1/s1. The Morgan fingerprint density at radius 3 is 2.62 bits per heavy atom. The molecule has 0 radical (unpaired) electrons. The van der Waals surface area contributed by atoms with E-state index in [-0.39, 0.29) is 11.5 Å². The third kappa shape index (κ3) is 1.72. The smallest absolute Gasteiger partial charge is 0.169 e. The van der Waals surface area contributed by atoms with Gasteiger partial charge in [-0.3, -0.25) is 0 Å². The summed E-state index contributed by atoms with van der Waals surface area (Å²) >= 11 is 0. The van der Waals surface area contributed by atoms with Gasteiger partial charge in [-0.05, 0) is 50.2 Å². The minimum Gasteiger partial charge on any atom is -0.497 e. The topological polar surface area (TPSA) is 30.9 Å². The zero-order valence-electron chi connectivity index (χ0n) is 15.1. The van der Waals surface area contributed by atoms with E-state index in [1.54, 1.807) is 14.2 Å². The highest BCUT2D eigenvalue weighted by Gasteiger charge is 2.59. The number of benzene rings is 1. The highest BCUT2D eigenvalue weighted by molar-refractivity contribution is 5.67. The predicted molar refractivity (Wildman–Crippen MR) is 93.7 cm³/mol. The number of rotatable bonds is 4. The van der Waals surface area contributed by atoms with Crippen LogP contribution in [0.4, 0.5) is 0 Å². The van der Waals surface area contributed by atoms with Crippen LogP contribution in [0.5, 0.6) is 11.5 Å². The van der Waals surface area contributed by atoms with E-state index in [1.807, 2.05) is 6.07 Å². The van der Waals surface area contributed by atoms with Gasteiger partial charge in [-0.15, -0.1) is 0 Å². The minimum absolute atomic E-state index is 0.111. The maximum atomic E-state index is 6.47. The molecular formula is C20H25NO3. The first-order chi connectivity index (χ1) is 11.6. The number of hydrogen-bond acceptors (Lipinski definition) is 4. The Balaban J connectivity index is 2.04. The molecule has 1 unspecified atom stereocenters. The molecule has 0 saturated heterocycles. The van der Waals surface area contributed by atoms with Crippen molar-refractivity contribution in [1.29, 1.82) is 0 Å². The quantitative estimate of drug-likeness (QED) is 0.850. The normalized spacial score (nSPS) is 29.6. The van der Waals surface area contributed by atoms with E-state index in [0.717, 1.165) is 30.1 Å². The first-order valence-electron chi connectivity index (χ1n) is 8.58. The van der Waals surface area contributed by atoms with Crippen molar-refractivity contribution in [3.8, 4) is 11.5 Å². The lowest BCUT2D eigenvalue weighted by atomic mass is 9.59. The molecule has 0 aromatic heterocycles. The second-order valence-electron chi connectivity index (χ2n) is 7.03. The fraction of sp³-hybridized carbons (Fsp3) is 0.500. The molecule has 0 bridgehead atoms. The Bertz CT molecular complexity index is 749. The van der Waals surface area contributed by atoms with Crippen molar-refractivity contribution in [3.63, 3.8) is 0 Å². The van der Waals surface area contributed by atoms with E-state index >= 15 is 0 Å². The Hall–Kier alpha value is -1.94. The van der Waals surface area contributed by atoms with Crippen LogP contribution in [-0.4, -0.2) is 45.4 Å². The zero-order valence-corrected chi connectivity index (χ0v) is 15.1. The van der Waals surface area contributed by atoms with Crippen molar-refractivity contribution in [2.24, 2.45) is 0 Å². The van der Waals surface area contributed by atoms with Crippen LogP contribution >= 0.6 is 0 Å². The third-order valence-corrected chi connectivity index (χ3v) is 5.95. The fourth-order valence-corrected chi connectivity index (χ4v) is 4.82. The van der Waals surface area contributed by atoms with E-state index in [2.05, 4.69) is 44.1 Å². The maximum Gasteiger partial charge on any atom is 0.169 e. The van der Waals surface area contributed by atoms with Crippen LogP contribution in [-0.2, 0) is 16.6 Å². The summed E-state index contributed by atoms with van der Waals surface area (Å²) in [5, 5.41) is 0. The van der Waals surface area contributed by atoms with E-state index in [9.17, 15) is 0 Å². The molecule has 128 valence electrons. The number of likely N-dealkylation sites (N-methyl/N-ethyl adjacent to an activating group) is 1. The summed E-state index contributed by atoms with van der Waals surface area (Å²) in [5.74, 6) is 2.60. The van der Waals surface area contributed by atoms with Gasteiger partial charge in [0, 0.05) is 11.6 Å². The molecule has 3 aliphatic rings. The van der Waals surface area contributed by atoms with Crippen LogP contribution < -0.4 is 9.47 Å². The molecule has 24 heavy (non-hydrogen) atoms. The molecule has 0 N–H and O–H groups in total. The predicted octanol–water partition coefficient (Wildman–Crippen LogP) is 3.06. The van der Waals surface area contributed by atoms with Gasteiger partial charge in [-0.2, -0.15) is 0 Å². The molecule has 1 aromatic rings. The third-order valence-electron chi connectivity index (χ3n) is 5.95. The molecule has 1 aromatic carbocycles. The first kappa shape index (κ1) is 15.6. The van der Waals surface area contributed by atoms with Gasteiger partial charge in [0.1, 0.15) is 5.76 Å². The molecule has 0 saturated carbocycles. The Kier molecular flexibility index (Phi) is 3.43. The van der Waals surface area contributed by atoms with Crippen LogP contribution in [0, 0.1) is 0 Å². The molecular weight excluding hydrogens is 302 g/mol. The SMILES string of the molecule is CC[C@@]12C3=CC=C(OC)C1Oc1c(OC)ccc(c12)C[C@H]3N(C)C. The second-order valence-corrected chi connectivity index (χ2v) is 7.03. The maximum absolute atomic E-state index is 6.47. The summed E-state index contributed by atoms with van der Waals surface area (Å²) in [7, 11) is 7.75. The van der Waals surface area contributed by atoms with Gasteiger partial charge in [-0.25, -0.2) is 0 Å². The monoisotopic (exact) mass is 327 g/mol. The van der Waals surface area contributed by atoms with Gasteiger partial charge in [0.25, 0.3) is 0 Å². The van der Waals surface area contributed by atoms with E-state index in [4.69, 9.17) is 14.2 Å². The van der Waals surface area contributed by atoms with E-state index in [1.165, 1.54) is 16.7 Å². The molecule has 1 heterocycles. The molecule has 3 atom stereocenters. The summed E-state index contributed by atoms with van der Waals surface area (Å²) in [6, 6.07) is 4.61. The van der Waals surface area contributed by atoms with Crippen LogP contribution in [0.2, 0.25) is 0 Å². The van der Waals surface area contributed by atoms with Gasteiger partial charge in [0.05, 0.1) is 19.6 Å². The highest BCUT2D eigenvalue weighted by atomic mass is 16.6. The van der Waals surface area contributed by atoms with Crippen molar-refractivity contribution in [2.45, 2.75) is 37.3 Å². The van der Waals surface area contributed by atoms with E-state index < -0.39 is 0 Å². The average molecular weight is 327 g/mol. The lowest BCUT2D eigenvalue weighted by Crippen LogP contribution is -2.52. The lowest BCUT2D eigenvalue weighted by Gasteiger charge is -2.47. The Morgan fingerprint density at radius 2 is 2.00 bits per heavy atom. The summed E-state index contributed by atoms with van der Waals surface area (Å²) in [6.07, 6.45) is 6.19. The number of methoxy groups -OCH3 is 2. The largest absolute Gasteiger partial charge is 0.497 e. The molecule has 4 nitrogen and oxygen atoms in total. The fourth-order valence-electron chi connectivity index (χ4n) is 4.82. The number of nitrogens with zero attached hydrogens (tertiary/aromatic N) is 1. The van der Waals surface area contributed by atoms with Gasteiger partial charge < -0.3 is 19.1 Å². The molecule has 0 amide bonds. The summed E-state index contributed by atoms with van der Waals surface area (Å²) in [5.41, 5.74) is 3.94. The molecule has 2 aliphatic carbocycles. The number of ether oxygens (including phenoxy) is 3. The molecule has 0 fully saturated rings. The van der Waals surface area contributed by atoms with Crippen molar-refractivity contribution >= 4 is 0 Å². The van der Waals surface area contributed by atoms with Gasteiger partial charge in [0.2, 0.25) is 0 Å². The number of allylic oxidation sites excluding steroid dienone is 2. The number of hydrogen-bond donors (Lipinski definition) is 0. The minimum atomic E-state index is -0.160. The second kappa shape index (κ2) is 5.28. The van der Waals surface area contributed by atoms with Crippen LogP contribution in [0.1, 0.15) is 24.5 Å². The average Bonchev–Trinajstić information content (AvgIpc) is 2.96. The highest BCUT2D eigenvalue weighted by Crippen LogP contribution is 2.60. The Labute approximate surface area is 143 Å². The summed E-state index contributed by atoms with van der Waals surface area (Å²) in [6.45, 7) is 2.25. The van der Waals surface area contributed by atoms with Crippen LogP contribution in [0.15, 0.2) is 35.6 Å². The van der Waals surface area contributed by atoms with Crippen molar-refractivity contribution < 1.29 is 14.2 Å². The lowest BCUT2D eigenvalue weighted by molar-refractivity contribution is 0.104.